The van der Waals surface area contributed by atoms with Crippen LogP contribution in [0.4, 0.5) is 8.78 Å². The molecule has 4 heteroatoms. The first-order valence-electron chi connectivity index (χ1n) is 6.44. The summed E-state index contributed by atoms with van der Waals surface area (Å²) in [7, 11) is 0. The van der Waals surface area contributed by atoms with Crippen molar-refractivity contribution in [2.24, 2.45) is 0 Å². The number of rotatable bonds is 4. The third-order valence-corrected chi connectivity index (χ3v) is 3.83. The van der Waals surface area contributed by atoms with E-state index in [0.717, 1.165) is 10.0 Å². The van der Waals surface area contributed by atoms with Gasteiger partial charge >= 0.3 is 0 Å². The molecule has 2 aromatic carbocycles. The highest BCUT2D eigenvalue weighted by atomic mass is 79.9. The van der Waals surface area contributed by atoms with Gasteiger partial charge in [0.1, 0.15) is 11.6 Å². The Morgan fingerprint density at radius 3 is 2.00 bits per heavy atom. The van der Waals surface area contributed by atoms with Gasteiger partial charge < -0.3 is 5.32 Å². The number of benzene rings is 2. The molecule has 0 aliphatic carbocycles. The Bertz CT molecular complexity index is 563. The highest BCUT2D eigenvalue weighted by Gasteiger charge is 2.18. The molecule has 2 rings (SSSR count). The van der Waals surface area contributed by atoms with Crippen LogP contribution in [0.2, 0.25) is 0 Å². The summed E-state index contributed by atoms with van der Waals surface area (Å²) >= 11 is 3.38. The minimum atomic E-state index is -0.520. The average Bonchev–Trinajstić information content (AvgIpc) is 2.39. The van der Waals surface area contributed by atoms with E-state index in [0.29, 0.717) is 0 Å². The van der Waals surface area contributed by atoms with Gasteiger partial charge in [0.2, 0.25) is 0 Å². The smallest absolute Gasteiger partial charge is 0.130 e. The van der Waals surface area contributed by atoms with Crippen molar-refractivity contribution in [1.82, 2.24) is 5.32 Å². The molecule has 20 heavy (non-hydrogen) atoms. The van der Waals surface area contributed by atoms with E-state index in [1.165, 1.54) is 18.2 Å². The van der Waals surface area contributed by atoms with Crippen LogP contribution >= 0.6 is 15.9 Å². The van der Waals surface area contributed by atoms with Crippen molar-refractivity contribution in [3.8, 4) is 0 Å². The molecule has 106 valence electrons. The Morgan fingerprint density at radius 1 is 0.900 bits per heavy atom. The van der Waals surface area contributed by atoms with Crippen molar-refractivity contribution in [2.45, 2.75) is 25.9 Å². The number of hydrogen-bond donors (Lipinski definition) is 1. The number of halogens is 3. The molecule has 0 saturated heterocycles. The second-order valence-electron chi connectivity index (χ2n) is 4.80. The van der Waals surface area contributed by atoms with E-state index in [2.05, 4.69) is 21.2 Å². The molecule has 2 aromatic rings. The fraction of sp³-hybridized carbons (Fsp3) is 0.250. The Hall–Kier alpha value is -1.26. The lowest BCUT2D eigenvalue weighted by atomic mass is 10.0. The maximum Gasteiger partial charge on any atom is 0.130 e. The van der Waals surface area contributed by atoms with E-state index in [1.54, 1.807) is 6.92 Å². The lowest BCUT2D eigenvalue weighted by Crippen LogP contribution is -2.24. The predicted octanol–water partition coefficient (Wildman–Crippen LogP) is 5.14. The molecule has 0 bridgehead atoms. The van der Waals surface area contributed by atoms with Crippen LogP contribution < -0.4 is 5.32 Å². The van der Waals surface area contributed by atoms with Gasteiger partial charge in [-0.1, -0.05) is 34.1 Å². The Kier molecular flexibility index (Phi) is 4.89. The van der Waals surface area contributed by atoms with Crippen LogP contribution in [-0.4, -0.2) is 0 Å². The first-order chi connectivity index (χ1) is 9.49. The third-order valence-electron chi connectivity index (χ3n) is 3.30. The quantitative estimate of drug-likeness (QED) is 0.813. The van der Waals surface area contributed by atoms with E-state index in [9.17, 15) is 8.78 Å². The normalized spacial score (nSPS) is 14.1. The van der Waals surface area contributed by atoms with Gasteiger partial charge in [-0.15, -0.1) is 0 Å². The molecule has 0 aliphatic heterocycles. The molecule has 0 fully saturated rings. The molecule has 0 heterocycles. The maximum atomic E-state index is 13.7. The molecule has 0 radical (unpaired) electrons. The van der Waals surface area contributed by atoms with Gasteiger partial charge in [0.15, 0.2) is 0 Å². The van der Waals surface area contributed by atoms with Gasteiger partial charge in [0.25, 0.3) is 0 Å². The monoisotopic (exact) mass is 339 g/mol. The molecule has 0 spiro atoms. The standard InChI is InChI=1S/C16H16BrF2N/c1-10(12-6-8-13(17)9-7-12)20-11(2)16-14(18)4-3-5-15(16)19/h3-11,20H,1-2H3/t10-,11?/m0/s1. The molecular formula is C16H16BrF2N. The zero-order valence-electron chi connectivity index (χ0n) is 11.3. The SMILES string of the molecule is CC(N[C@@H](C)c1ccc(Br)cc1)c1c(F)cccc1F. The van der Waals surface area contributed by atoms with Crippen LogP contribution in [0, 0.1) is 11.6 Å². The van der Waals surface area contributed by atoms with Crippen molar-refractivity contribution in [2.75, 3.05) is 0 Å². The fourth-order valence-corrected chi connectivity index (χ4v) is 2.49. The summed E-state index contributed by atoms with van der Waals surface area (Å²) in [5, 5.41) is 3.22. The summed E-state index contributed by atoms with van der Waals surface area (Å²) < 4.78 is 28.4. The van der Waals surface area contributed by atoms with E-state index in [-0.39, 0.29) is 11.6 Å². The highest BCUT2D eigenvalue weighted by Crippen LogP contribution is 2.24. The van der Waals surface area contributed by atoms with E-state index in [1.807, 2.05) is 31.2 Å². The lowest BCUT2D eigenvalue weighted by molar-refractivity contribution is 0.450. The van der Waals surface area contributed by atoms with Gasteiger partial charge in [-0.25, -0.2) is 8.78 Å². The zero-order chi connectivity index (χ0) is 14.7. The highest BCUT2D eigenvalue weighted by molar-refractivity contribution is 9.10. The molecule has 2 atom stereocenters. The lowest BCUT2D eigenvalue weighted by Gasteiger charge is -2.21. The maximum absolute atomic E-state index is 13.7. The summed E-state index contributed by atoms with van der Waals surface area (Å²) in [4.78, 5) is 0. The molecule has 1 N–H and O–H groups in total. The Labute approximate surface area is 126 Å². The first-order valence-corrected chi connectivity index (χ1v) is 7.23. The Morgan fingerprint density at radius 2 is 1.45 bits per heavy atom. The fourth-order valence-electron chi connectivity index (χ4n) is 2.23. The van der Waals surface area contributed by atoms with Crippen molar-refractivity contribution in [3.63, 3.8) is 0 Å². The summed E-state index contributed by atoms with van der Waals surface area (Å²) in [5.41, 5.74) is 1.15. The summed E-state index contributed by atoms with van der Waals surface area (Å²) in [6.45, 7) is 3.73. The van der Waals surface area contributed by atoms with Crippen LogP contribution in [0.3, 0.4) is 0 Å². The summed E-state index contributed by atoms with van der Waals surface area (Å²) in [6, 6.07) is 11.4. The number of nitrogens with one attached hydrogen (secondary N) is 1. The minimum Gasteiger partial charge on any atom is -0.303 e. The van der Waals surface area contributed by atoms with Crippen molar-refractivity contribution >= 4 is 15.9 Å². The number of hydrogen-bond acceptors (Lipinski definition) is 1. The van der Waals surface area contributed by atoms with Gasteiger partial charge in [0, 0.05) is 22.1 Å². The van der Waals surface area contributed by atoms with Crippen molar-refractivity contribution in [1.29, 1.82) is 0 Å². The Balaban J connectivity index is 2.15. The third kappa shape index (κ3) is 3.44. The molecule has 1 nitrogen and oxygen atoms in total. The first kappa shape index (κ1) is 15.1. The summed E-state index contributed by atoms with van der Waals surface area (Å²) in [6.07, 6.45) is 0. The van der Waals surface area contributed by atoms with E-state index >= 15 is 0 Å². The van der Waals surface area contributed by atoms with Crippen LogP contribution in [0.5, 0.6) is 0 Å². The molecule has 0 saturated carbocycles. The van der Waals surface area contributed by atoms with Gasteiger partial charge in [0.05, 0.1) is 0 Å². The second kappa shape index (κ2) is 6.46. The van der Waals surface area contributed by atoms with Gasteiger partial charge in [-0.05, 0) is 43.7 Å². The minimum absolute atomic E-state index is 0.00268. The molecule has 1 unspecified atom stereocenters. The summed E-state index contributed by atoms with van der Waals surface area (Å²) in [5.74, 6) is -1.04. The van der Waals surface area contributed by atoms with E-state index in [4.69, 9.17) is 0 Å². The van der Waals surface area contributed by atoms with Crippen LogP contribution in [0.25, 0.3) is 0 Å². The van der Waals surface area contributed by atoms with Crippen LogP contribution in [0.1, 0.15) is 37.1 Å². The van der Waals surface area contributed by atoms with Crippen LogP contribution in [-0.2, 0) is 0 Å². The average molecular weight is 340 g/mol. The molecule has 0 aromatic heterocycles. The largest absolute Gasteiger partial charge is 0.303 e. The topological polar surface area (TPSA) is 12.0 Å². The molecule has 0 aliphatic rings. The van der Waals surface area contributed by atoms with E-state index < -0.39 is 17.7 Å². The predicted molar refractivity (Wildman–Crippen MR) is 80.5 cm³/mol. The molecular weight excluding hydrogens is 324 g/mol. The van der Waals surface area contributed by atoms with Gasteiger partial charge in [-0.2, -0.15) is 0 Å². The zero-order valence-corrected chi connectivity index (χ0v) is 12.9. The molecule has 0 amide bonds. The second-order valence-corrected chi connectivity index (χ2v) is 5.71. The van der Waals surface area contributed by atoms with Crippen molar-refractivity contribution < 1.29 is 8.78 Å². The van der Waals surface area contributed by atoms with Gasteiger partial charge in [-0.3, -0.25) is 0 Å². The van der Waals surface area contributed by atoms with Crippen molar-refractivity contribution in [3.05, 3.63) is 69.7 Å². The van der Waals surface area contributed by atoms with Crippen LogP contribution in [0.15, 0.2) is 46.9 Å².